The van der Waals surface area contributed by atoms with E-state index in [1.54, 1.807) is 11.3 Å². The van der Waals surface area contributed by atoms with Gasteiger partial charge in [0.25, 0.3) is 0 Å². The number of nitrogens with one attached hydrogen (secondary N) is 1. The highest BCUT2D eigenvalue weighted by molar-refractivity contribution is 5.85. The second kappa shape index (κ2) is 4.36. The third kappa shape index (κ3) is 1.63. The average molecular weight is 280 g/mol. The van der Waals surface area contributed by atoms with Crippen molar-refractivity contribution in [2.75, 3.05) is 13.1 Å². The first-order valence-electron chi connectivity index (χ1n) is 8.68. The van der Waals surface area contributed by atoms with Crippen LogP contribution in [0.2, 0.25) is 0 Å². The maximum atomic E-state index is 3.81. The Kier molecular flexibility index (Phi) is 2.55. The number of hydrogen-bond donors (Lipinski definition) is 1. The first-order chi connectivity index (χ1) is 10.3. The molecule has 6 rings (SSSR count). The molecule has 1 unspecified atom stereocenters. The Morgan fingerprint density at radius 2 is 2.14 bits per heavy atom. The number of H-pyrrole nitrogens is 1. The van der Waals surface area contributed by atoms with Crippen LogP contribution >= 0.6 is 0 Å². The number of benzene rings is 1. The Labute approximate surface area is 126 Å². The first-order valence-corrected chi connectivity index (χ1v) is 8.68. The van der Waals surface area contributed by atoms with E-state index in [2.05, 4.69) is 41.1 Å². The molecule has 3 fully saturated rings. The predicted octanol–water partition coefficient (Wildman–Crippen LogP) is 3.93. The van der Waals surface area contributed by atoms with Gasteiger partial charge in [-0.05, 0) is 42.7 Å². The van der Waals surface area contributed by atoms with Crippen molar-refractivity contribution in [3.05, 3.63) is 35.5 Å². The standard InChI is InChI=1S/C19H24N2/c1-2-13-9-12-10-16-18-15(7-8-21(11-12)19(13)16)14-5-3-4-6-17(14)20-18/h3-6,12-13,16,19-20H,2,7-11H2,1H3/t12-,13-,16-,19-/m0/s1. The van der Waals surface area contributed by atoms with Crippen molar-refractivity contribution in [1.82, 2.24) is 9.88 Å². The summed E-state index contributed by atoms with van der Waals surface area (Å²) >= 11 is 0. The predicted molar refractivity (Wildman–Crippen MR) is 86.6 cm³/mol. The molecule has 1 aromatic carbocycles. The minimum absolute atomic E-state index is 0.757. The topological polar surface area (TPSA) is 19.0 Å². The average Bonchev–Trinajstić information content (AvgIpc) is 2.86. The molecule has 2 saturated heterocycles. The van der Waals surface area contributed by atoms with E-state index in [4.69, 9.17) is 0 Å². The van der Waals surface area contributed by atoms with Gasteiger partial charge in [0.1, 0.15) is 0 Å². The van der Waals surface area contributed by atoms with E-state index in [-0.39, 0.29) is 0 Å². The third-order valence-corrected chi connectivity index (χ3v) is 6.42. The molecule has 2 heteroatoms. The highest BCUT2D eigenvalue weighted by Gasteiger charge is 2.48. The van der Waals surface area contributed by atoms with Crippen molar-refractivity contribution in [3.63, 3.8) is 0 Å². The summed E-state index contributed by atoms with van der Waals surface area (Å²) in [6.45, 7) is 5.02. The van der Waals surface area contributed by atoms with E-state index < -0.39 is 0 Å². The number of hydrogen-bond acceptors (Lipinski definition) is 1. The van der Waals surface area contributed by atoms with Crippen LogP contribution in [0.3, 0.4) is 0 Å². The Bertz CT molecular complexity index is 686. The van der Waals surface area contributed by atoms with Gasteiger partial charge in [-0.2, -0.15) is 0 Å². The molecular weight excluding hydrogens is 256 g/mol. The molecule has 5 atom stereocenters. The van der Waals surface area contributed by atoms with Gasteiger partial charge < -0.3 is 4.98 Å². The molecule has 4 aliphatic rings. The van der Waals surface area contributed by atoms with Gasteiger partial charge in [-0.25, -0.2) is 0 Å². The number of aromatic amines is 1. The lowest BCUT2D eigenvalue weighted by Gasteiger charge is -2.53. The van der Waals surface area contributed by atoms with Gasteiger partial charge in [0.2, 0.25) is 0 Å². The molecule has 21 heavy (non-hydrogen) atoms. The minimum atomic E-state index is 0.757. The summed E-state index contributed by atoms with van der Waals surface area (Å²) in [5.41, 5.74) is 4.57. The van der Waals surface area contributed by atoms with Crippen LogP contribution in [0.5, 0.6) is 0 Å². The molecule has 2 aromatic rings. The molecule has 3 aliphatic heterocycles. The molecule has 4 heterocycles. The van der Waals surface area contributed by atoms with Crippen LogP contribution in [0.1, 0.15) is 43.4 Å². The summed E-state index contributed by atoms with van der Waals surface area (Å²) < 4.78 is 0. The molecule has 1 aliphatic carbocycles. The van der Waals surface area contributed by atoms with Gasteiger partial charge in [0.15, 0.2) is 0 Å². The molecule has 1 saturated carbocycles. The van der Waals surface area contributed by atoms with Crippen molar-refractivity contribution in [3.8, 4) is 0 Å². The second-order valence-corrected chi connectivity index (χ2v) is 7.41. The summed E-state index contributed by atoms with van der Waals surface area (Å²) in [7, 11) is 0. The number of rotatable bonds is 1. The van der Waals surface area contributed by atoms with Gasteiger partial charge in [-0.1, -0.05) is 31.5 Å². The van der Waals surface area contributed by atoms with Crippen molar-refractivity contribution >= 4 is 10.9 Å². The number of para-hydroxylation sites is 1. The Morgan fingerprint density at radius 3 is 3.05 bits per heavy atom. The van der Waals surface area contributed by atoms with Crippen molar-refractivity contribution in [2.24, 2.45) is 11.8 Å². The second-order valence-electron chi connectivity index (χ2n) is 7.41. The van der Waals surface area contributed by atoms with E-state index in [0.717, 1.165) is 23.8 Å². The number of nitrogens with zero attached hydrogens (tertiary/aromatic N) is 1. The van der Waals surface area contributed by atoms with Crippen LogP contribution in [-0.2, 0) is 6.42 Å². The third-order valence-electron chi connectivity index (χ3n) is 6.42. The van der Waals surface area contributed by atoms with Crippen molar-refractivity contribution < 1.29 is 0 Å². The largest absolute Gasteiger partial charge is 0.358 e. The Morgan fingerprint density at radius 1 is 1.24 bits per heavy atom. The lowest BCUT2D eigenvalue weighted by atomic mass is 9.65. The molecule has 0 amide bonds. The summed E-state index contributed by atoms with van der Waals surface area (Å²) in [6.07, 6.45) is 5.47. The van der Waals surface area contributed by atoms with Gasteiger partial charge in [0, 0.05) is 41.6 Å². The van der Waals surface area contributed by atoms with E-state index in [1.807, 2.05) is 0 Å². The van der Waals surface area contributed by atoms with Gasteiger partial charge in [0.05, 0.1) is 0 Å². The SMILES string of the molecule is CC[C@H]1C[C@H]2C[C@H]3c4[nH]c5ccccc5c4CCN(C2)[C@@H]13. The molecule has 0 radical (unpaired) electrons. The molecule has 1 N–H and O–H groups in total. The number of aromatic nitrogens is 1. The maximum absolute atomic E-state index is 3.81. The maximum Gasteiger partial charge on any atom is 0.0459 e. The summed E-state index contributed by atoms with van der Waals surface area (Å²) in [6, 6.07) is 9.71. The Balaban J connectivity index is 1.69. The number of fused-ring (bicyclic) bond motifs is 4. The lowest BCUT2D eigenvalue weighted by molar-refractivity contribution is -0.0134. The van der Waals surface area contributed by atoms with Crippen LogP contribution in [0, 0.1) is 11.8 Å². The van der Waals surface area contributed by atoms with Crippen LogP contribution < -0.4 is 0 Å². The first kappa shape index (κ1) is 12.3. The zero-order valence-corrected chi connectivity index (χ0v) is 12.8. The van der Waals surface area contributed by atoms with E-state index >= 15 is 0 Å². The molecule has 110 valence electrons. The van der Waals surface area contributed by atoms with Crippen LogP contribution in [0.4, 0.5) is 0 Å². The van der Waals surface area contributed by atoms with Gasteiger partial charge >= 0.3 is 0 Å². The molecule has 4 bridgehead atoms. The smallest absolute Gasteiger partial charge is 0.0459 e. The highest BCUT2D eigenvalue weighted by Crippen LogP contribution is 2.50. The van der Waals surface area contributed by atoms with Crippen molar-refractivity contribution in [1.29, 1.82) is 0 Å². The van der Waals surface area contributed by atoms with Gasteiger partial charge in [-0.15, -0.1) is 0 Å². The quantitative estimate of drug-likeness (QED) is 0.838. The fourth-order valence-electron chi connectivity index (χ4n) is 5.65. The molecule has 0 spiro atoms. The molecule has 1 aromatic heterocycles. The van der Waals surface area contributed by atoms with Crippen LogP contribution in [0.15, 0.2) is 24.3 Å². The molecule has 2 nitrogen and oxygen atoms in total. The van der Waals surface area contributed by atoms with Crippen LogP contribution in [0.25, 0.3) is 10.9 Å². The monoisotopic (exact) mass is 280 g/mol. The van der Waals surface area contributed by atoms with Gasteiger partial charge in [-0.3, -0.25) is 4.90 Å². The number of piperidine rings is 2. The van der Waals surface area contributed by atoms with E-state index in [9.17, 15) is 0 Å². The van der Waals surface area contributed by atoms with Crippen molar-refractivity contribution in [2.45, 2.75) is 44.6 Å². The van der Waals surface area contributed by atoms with E-state index in [0.29, 0.717) is 0 Å². The van der Waals surface area contributed by atoms with E-state index in [1.165, 1.54) is 49.7 Å². The summed E-state index contributed by atoms with van der Waals surface area (Å²) in [5, 5.41) is 1.48. The lowest BCUT2D eigenvalue weighted by Crippen LogP contribution is -2.56. The zero-order valence-electron chi connectivity index (χ0n) is 12.8. The summed E-state index contributed by atoms with van der Waals surface area (Å²) in [4.78, 5) is 6.65. The highest BCUT2D eigenvalue weighted by atomic mass is 15.2. The zero-order chi connectivity index (χ0) is 14.0. The summed E-state index contributed by atoms with van der Waals surface area (Å²) in [5.74, 6) is 2.61. The molecular formula is C19H24N2. The Hall–Kier alpha value is -1.28. The minimum Gasteiger partial charge on any atom is -0.358 e. The fourth-order valence-corrected chi connectivity index (χ4v) is 5.65. The fraction of sp³-hybridized carbons (Fsp3) is 0.579. The van der Waals surface area contributed by atoms with Crippen LogP contribution in [-0.4, -0.2) is 29.0 Å². The normalized spacial score (nSPS) is 37.5.